The number of piperazine rings is 1. The zero-order valence-corrected chi connectivity index (χ0v) is 11.9. The Hall–Kier alpha value is -2.57. The molecule has 3 N–H and O–H groups in total. The Labute approximate surface area is 122 Å². The molecule has 7 heteroatoms. The Balaban J connectivity index is 1.71. The van der Waals surface area contributed by atoms with E-state index in [1.807, 2.05) is 31.2 Å². The van der Waals surface area contributed by atoms with Gasteiger partial charge in [0.15, 0.2) is 5.82 Å². The minimum absolute atomic E-state index is 0.406. The number of aryl methyl sites for hydroxylation is 1. The first-order valence-corrected chi connectivity index (χ1v) is 6.92. The van der Waals surface area contributed by atoms with E-state index < -0.39 is 5.69 Å². The lowest BCUT2D eigenvalue weighted by Crippen LogP contribution is -2.47. The van der Waals surface area contributed by atoms with E-state index in [-0.39, 0.29) is 0 Å². The molecule has 0 radical (unpaired) electrons. The highest BCUT2D eigenvalue weighted by atomic mass is 16.1. The number of nitrogens with one attached hydrogen (secondary N) is 1. The Morgan fingerprint density at radius 2 is 1.71 bits per heavy atom. The van der Waals surface area contributed by atoms with E-state index in [0.717, 1.165) is 43.2 Å². The van der Waals surface area contributed by atoms with Crippen LogP contribution in [0.2, 0.25) is 0 Å². The second kappa shape index (κ2) is 5.43. The number of nitrogen functional groups attached to an aromatic ring is 1. The van der Waals surface area contributed by atoms with Gasteiger partial charge in [-0.05, 0) is 31.2 Å². The summed E-state index contributed by atoms with van der Waals surface area (Å²) in [6.45, 7) is 5.22. The predicted molar refractivity (Wildman–Crippen MR) is 82.7 cm³/mol. The molecule has 1 saturated heterocycles. The van der Waals surface area contributed by atoms with Crippen molar-refractivity contribution in [3.63, 3.8) is 0 Å². The van der Waals surface area contributed by atoms with Crippen LogP contribution >= 0.6 is 0 Å². The van der Waals surface area contributed by atoms with Gasteiger partial charge >= 0.3 is 5.69 Å². The molecular weight excluding hydrogens is 268 g/mol. The minimum Gasteiger partial charge on any atom is -0.399 e. The number of nitrogens with zero attached hydrogens (tertiary/aromatic N) is 4. The summed E-state index contributed by atoms with van der Waals surface area (Å²) in [6.07, 6.45) is 0. The molecule has 2 aromatic rings. The lowest BCUT2D eigenvalue weighted by atomic mass is 10.2. The fourth-order valence-electron chi connectivity index (χ4n) is 2.54. The molecule has 0 bridgehead atoms. The fraction of sp³-hybridized carbons (Fsp3) is 0.357. The summed E-state index contributed by atoms with van der Waals surface area (Å²) in [6, 6.07) is 7.88. The van der Waals surface area contributed by atoms with Crippen molar-refractivity contribution >= 4 is 17.2 Å². The largest absolute Gasteiger partial charge is 0.399 e. The molecule has 0 aliphatic carbocycles. The van der Waals surface area contributed by atoms with Crippen molar-refractivity contribution in [3.8, 4) is 0 Å². The average Bonchev–Trinajstić information content (AvgIpc) is 2.51. The van der Waals surface area contributed by atoms with Crippen molar-refractivity contribution in [2.75, 3.05) is 41.7 Å². The summed E-state index contributed by atoms with van der Waals surface area (Å²) in [7, 11) is 0. The SMILES string of the molecule is Cc1n[nH]c(=O)nc1N1CCN(c2ccc(N)cc2)CC1. The van der Waals surface area contributed by atoms with E-state index in [1.54, 1.807) is 0 Å². The number of benzene rings is 1. The van der Waals surface area contributed by atoms with Gasteiger partial charge in [0.05, 0.1) is 0 Å². The lowest BCUT2D eigenvalue weighted by molar-refractivity contribution is 0.639. The summed E-state index contributed by atoms with van der Waals surface area (Å²) in [5.41, 5.74) is 7.99. The van der Waals surface area contributed by atoms with Crippen LogP contribution in [0.3, 0.4) is 0 Å². The van der Waals surface area contributed by atoms with Crippen LogP contribution < -0.4 is 21.2 Å². The van der Waals surface area contributed by atoms with Crippen LogP contribution in [0.1, 0.15) is 5.69 Å². The quantitative estimate of drug-likeness (QED) is 0.776. The van der Waals surface area contributed by atoms with E-state index in [9.17, 15) is 4.79 Å². The van der Waals surface area contributed by atoms with E-state index in [2.05, 4.69) is 25.0 Å². The van der Waals surface area contributed by atoms with Gasteiger partial charge in [0, 0.05) is 37.6 Å². The van der Waals surface area contributed by atoms with Crippen LogP contribution in [0, 0.1) is 6.92 Å². The summed E-state index contributed by atoms with van der Waals surface area (Å²) in [5, 5.41) is 6.32. The number of hydrogen-bond donors (Lipinski definition) is 2. The van der Waals surface area contributed by atoms with Gasteiger partial charge < -0.3 is 15.5 Å². The Kier molecular flexibility index (Phi) is 3.47. The second-order valence-electron chi connectivity index (χ2n) is 5.12. The van der Waals surface area contributed by atoms with Crippen molar-refractivity contribution < 1.29 is 0 Å². The van der Waals surface area contributed by atoms with Crippen LogP contribution in [0.15, 0.2) is 29.1 Å². The molecule has 21 heavy (non-hydrogen) atoms. The van der Waals surface area contributed by atoms with Gasteiger partial charge in [-0.3, -0.25) is 0 Å². The van der Waals surface area contributed by atoms with Gasteiger partial charge in [-0.2, -0.15) is 10.1 Å². The van der Waals surface area contributed by atoms with Crippen LogP contribution in [-0.4, -0.2) is 41.4 Å². The number of anilines is 3. The molecular formula is C14H18N6O. The van der Waals surface area contributed by atoms with Gasteiger partial charge in [-0.1, -0.05) is 0 Å². The first-order valence-electron chi connectivity index (χ1n) is 6.92. The number of hydrogen-bond acceptors (Lipinski definition) is 6. The standard InChI is InChI=1S/C14H18N6O/c1-10-13(16-14(21)18-17-10)20-8-6-19(7-9-20)12-4-2-11(15)3-5-12/h2-5H,6-9,15H2,1H3,(H,16,18,21). The topological polar surface area (TPSA) is 91.1 Å². The minimum atomic E-state index is -0.406. The third kappa shape index (κ3) is 2.81. The molecule has 1 aliphatic rings. The van der Waals surface area contributed by atoms with Gasteiger partial charge in [-0.25, -0.2) is 9.89 Å². The molecule has 1 aliphatic heterocycles. The number of nitrogens with two attached hydrogens (primary N) is 1. The molecule has 0 amide bonds. The maximum Gasteiger partial charge on any atom is 0.363 e. The number of rotatable bonds is 2. The van der Waals surface area contributed by atoms with Gasteiger partial charge in [-0.15, -0.1) is 0 Å². The molecule has 2 heterocycles. The van der Waals surface area contributed by atoms with Gasteiger partial charge in [0.1, 0.15) is 5.69 Å². The zero-order chi connectivity index (χ0) is 14.8. The summed E-state index contributed by atoms with van der Waals surface area (Å²) in [4.78, 5) is 19.7. The summed E-state index contributed by atoms with van der Waals surface area (Å²) in [5.74, 6) is 0.677. The lowest BCUT2D eigenvalue weighted by Gasteiger charge is -2.36. The molecule has 0 atom stereocenters. The van der Waals surface area contributed by atoms with Crippen molar-refractivity contribution in [1.29, 1.82) is 0 Å². The Bertz CT molecular complexity index is 673. The smallest absolute Gasteiger partial charge is 0.363 e. The molecule has 7 nitrogen and oxygen atoms in total. The predicted octanol–water partition coefficient (Wildman–Crippen LogP) is 0.382. The van der Waals surface area contributed by atoms with E-state index in [4.69, 9.17) is 5.73 Å². The second-order valence-corrected chi connectivity index (χ2v) is 5.12. The normalized spacial score (nSPS) is 15.3. The molecule has 3 rings (SSSR count). The summed E-state index contributed by atoms with van der Waals surface area (Å²) >= 11 is 0. The van der Waals surface area contributed by atoms with E-state index >= 15 is 0 Å². The molecule has 1 aromatic heterocycles. The molecule has 1 fully saturated rings. The van der Waals surface area contributed by atoms with Crippen molar-refractivity contribution in [1.82, 2.24) is 15.2 Å². The third-order valence-corrected chi connectivity index (χ3v) is 3.69. The van der Waals surface area contributed by atoms with Crippen LogP contribution in [-0.2, 0) is 0 Å². The molecule has 0 spiro atoms. The Morgan fingerprint density at radius 1 is 1.10 bits per heavy atom. The Morgan fingerprint density at radius 3 is 2.38 bits per heavy atom. The maximum absolute atomic E-state index is 11.3. The third-order valence-electron chi connectivity index (χ3n) is 3.69. The number of aromatic amines is 1. The molecule has 0 unspecified atom stereocenters. The van der Waals surface area contributed by atoms with Crippen LogP contribution in [0.4, 0.5) is 17.2 Å². The highest BCUT2D eigenvalue weighted by Gasteiger charge is 2.20. The van der Waals surface area contributed by atoms with Gasteiger partial charge in [0.2, 0.25) is 0 Å². The van der Waals surface area contributed by atoms with E-state index in [1.165, 1.54) is 0 Å². The zero-order valence-electron chi connectivity index (χ0n) is 11.9. The number of aromatic nitrogens is 3. The first kappa shape index (κ1) is 13.4. The fourth-order valence-corrected chi connectivity index (χ4v) is 2.54. The van der Waals surface area contributed by atoms with E-state index in [0.29, 0.717) is 5.82 Å². The summed E-state index contributed by atoms with van der Waals surface area (Å²) < 4.78 is 0. The number of H-pyrrole nitrogens is 1. The van der Waals surface area contributed by atoms with Gasteiger partial charge in [0.25, 0.3) is 0 Å². The van der Waals surface area contributed by atoms with Crippen LogP contribution in [0.5, 0.6) is 0 Å². The maximum atomic E-state index is 11.3. The van der Waals surface area contributed by atoms with Crippen molar-refractivity contribution in [2.24, 2.45) is 0 Å². The molecule has 1 aromatic carbocycles. The molecule has 110 valence electrons. The van der Waals surface area contributed by atoms with Crippen LogP contribution in [0.25, 0.3) is 0 Å². The first-order chi connectivity index (χ1) is 10.1. The molecule has 0 saturated carbocycles. The average molecular weight is 286 g/mol. The van der Waals surface area contributed by atoms with Crippen molar-refractivity contribution in [2.45, 2.75) is 6.92 Å². The monoisotopic (exact) mass is 286 g/mol. The highest BCUT2D eigenvalue weighted by Crippen LogP contribution is 2.20. The highest BCUT2D eigenvalue weighted by molar-refractivity contribution is 5.54. The van der Waals surface area contributed by atoms with Crippen molar-refractivity contribution in [3.05, 3.63) is 40.4 Å².